The van der Waals surface area contributed by atoms with Crippen molar-refractivity contribution in [2.24, 2.45) is 17.8 Å². The van der Waals surface area contributed by atoms with Crippen molar-refractivity contribution >= 4 is 12.0 Å². The molecule has 2 N–H and O–H groups in total. The van der Waals surface area contributed by atoms with Gasteiger partial charge in [-0.3, -0.25) is 0 Å². The van der Waals surface area contributed by atoms with Crippen molar-refractivity contribution in [1.82, 2.24) is 0 Å². The van der Waals surface area contributed by atoms with E-state index in [0.717, 1.165) is 40.5 Å². The summed E-state index contributed by atoms with van der Waals surface area (Å²) in [7, 11) is 0. The SMILES string of the molecule is O=C(O)/C(F)=C\c1ccc(-c2ccc(O)c(C34CC5CC(CC(C5)C3)C4)c2)cc1. The van der Waals surface area contributed by atoms with E-state index in [9.17, 15) is 14.3 Å². The van der Waals surface area contributed by atoms with Gasteiger partial charge in [-0.1, -0.05) is 30.3 Å². The smallest absolute Gasteiger partial charge is 0.364 e. The Morgan fingerprint density at radius 2 is 1.48 bits per heavy atom. The minimum atomic E-state index is -1.56. The second-order valence-corrected chi connectivity index (χ2v) is 9.35. The van der Waals surface area contributed by atoms with Crippen molar-refractivity contribution in [2.45, 2.75) is 43.9 Å². The fourth-order valence-corrected chi connectivity index (χ4v) is 6.56. The molecule has 0 spiro atoms. The molecular formula is C25H25FO3. The van der Waals surface area contributed by atoms with Gasteiger partial charge in [0, 0.05) is 5.56 Å². The van der Waals surface area contributed by atoms with E-state index < -0.39 is 11.8 Å². The average molecular weight is 392 g/mol. The highest BCUT2D eigenvalue weighted by atomic mass is 19.1. The van der Waals surface area contributed by atoms with Crippen LogP contribution in [-0.4, -0.2) is 16.2 Å². The van der Waals surface area contributed by atoms with Crippen LogP contribution < -0.4 is 0 Å². The maximum Gasteiger partial charge on any atom is 0.364 e. The van der Waals surface area contributed by atoms with Crippen molar-refractivity contribution < 1.29 is 19.4 Å². The molecule has 3 nitrogen and oxygen atoms in total. The molecule has 0 saturated heterocycles. The fourth-order valence-electron chi connectivity index (χ4n) is 6.56. The molecule has 0 heterocycles. The number of carboxylic acid groups (broad SMARTS) is 1. The van der Waals surface area contributed by atoms with Crippen LogP contribution in [0, 0.1) is 17.8 Å². The van der Waals surface area contributed by atoms with Gasteiger partial charge in [0.1, 0.15) is 5.75 Å². The summed E-state index contributed by atoms with van der Waals surface area (Å²) in [5.74, 6) is 0.0802. The summed E-state index contributed by atoms with van der Waals surface area (Å²) in [6.07, 6.45) is 8.67. The van der Waals surface area contributed by atoms with Gasteiger partial charge in [0.2, 0.25) is 5.83 Å². The van der Waals surface area contributed by atoms with Crippen LogP contribution in [0.5, 0.6) is 5.75 Å². The molecule has 4 saturated carbocycles. The summed E-state index contributed by atoms with van der Waals surface area (Å²) in [5, 5.41) is 19.4. The van der Waals surface area contributed by atoms with Gasteiger partial charge in [0.05, 0.1) is 0 Å². The number of phenols is 1. The monoisotopic (exact) mass is 392 g/mol. The lowest BCUT2D eigenvalue weighted by Crippen LogP contribution is -2.48. The number of hydrogen-bond donors (Lipinski definition) is 2. The van der Waals surface area contributed by atoms with E-state index in [2.05, 4.69) is 6.07 Å². The van der Waals surface area contributed by atoms with Crippen molar-refractivity contribution in [3.05, 3.63) is 59.4 Å². The number of aromatic hydroxyl groups is 1. The summed E-state index contributed by atoms with van der Waals surface area (Å²) >= 11 is 0. The molecule has 0 unspecified atom stereocenters. The zero-order chi connectivity index (χ0) is 20.2. The standard InChI is InChI=1S/C25H25FO3/c26-22(24(28)29)10-15-1-3-19(4-2-15)20-5-6-23(27)21(11-20)25-12-16-7-17(13-25)9-18(8-16)14-25/h1-6,10-11,16-18,27H,7-9,12-14H2,(H,28,29)/b22-10+. The second-order valence-electron chi connectivity index (χ2n) is 9.35. The molecule has 6 rings (SSSR count). The fraction of sp³-hybridized carbons (Fsp3) is 0.400. The second kappa shape index (κ2) is 6.72. The van der Waals surface area contributed by atoms with Gasteiger partial charge in [-0.05, 0) is 96.6 Å². The number of halogens is 1. The molecule has 4 fully saturated rings. The van der Waals surface area contributed by atoms with Crippen LogP contribution >= 0.6 is 0 Å². The number of benzene rings is 2. The van der Waals surface area contributed by atoms with Crippen LogP contribution in [-0.2, 0) is 10.2 Å². The predicted octanol–water partition coefficient (Wildman–Crippen LogP) is 5.92. The lowest BCUT2D eigenvalue weighted by Gasteiger charge is -2.57. The van der Waals surface area contributed by atoms with Gasteiger partial charge in [-0.25, -0.2) is 4.79 Å². The largest absolute Gasteiger partial charge is 0.508 e. The van der Waals surface area contributed by atoms with Gasteiger partial charge < -0.3 is 10.2 Å². The normalized spacial score (nSPS) is 30.5. The zero-order valence-electron chi connectivity index (χ0n) is 16.3. The summed E-state index contributed by atoms with van der Waals surface area (Å²) in [5.41, 5.74) is 3.72. The molecule has 150 valence electrons. The molecule has 0 radical (unpaired) electrons. The first-order valence-corrected chi connectivity index (χ1v) is 10.5. The van der Waals surface area contributed by atoms with E-state index in [1.165, 1.54) is 38.5 Å². The van der Waals surface area contributed by atoms with Crippen LogP contribution in [0.25, 0.3) is 17.2 Å². The molecule has 0 atom stereocenters. The molecule has 0 amide bonds. The van der Waals surface area contributed by atoms with Crippen LogP contribution in [0.3, 0.4) is 0 Å². The molecule has 0 aromatic heterocycles. The van der Waals surface area contributed by atoms with Crippen molar-refractivity contribution in [2.75, 3.05) is 0 Å². The Morgan fingerprint density at radius 3 is 2.03 bits per heavy atom. The molecular weight excluding hydrogens is 367 g/mol. The first kappa shape index (κ1) is 18.4. The van der Waals surface area contributed by atoms with E-state index >= 15 is 0 Å². The summed E-state index contributed by atoms with van der Waals surface area (Å²) < 4.78 is 13.3. The van der Waals surface area contributed by atoms with Gasteiger partial charge in [0.25, 0.3) is 0 Å². The maximum absolute atomic E-state index is 13.3. The van der Waals surface area contributed by atoms with E-state index in [1.807, 2.05) is 18.2 Å². The quantitative estimate of drug-likeness (QED) is 0.635. The van der Waals surface area contributed by atoms with E-state index in [-0.39, 0.29) is 5.41 Å². The van der Waals surface area contributed by atoms with Gasteiger partial charge in [-0.15, -0.1) is 0 Å². The topological polar surface area (TPSA) is 57.5 Å². The number of rotatable bonds is 4. The molecule has 0 aliphatic heterocycles. The Labute approximate surface area is 169 Å². The average Bonchev–Trinajstić information content (AvgIpc) is 2.68. The Hall–Kier alpha value is -2.62. The molecule has 2 aromatic rings. The lowest BCUT2D eigenvalue weighted by atomic mass is 9.48. The Balaban J connectivity index is 1.48. The third kappa shape index (κ3) is 3.25. The molecule has 4 heteroatoms. The van der Waals surface area contributed by atoms with Crippen LogP contribution in [0.2, 0.25) is 0 Å². The minimum Gasteiger partial charge on any atom is -0.508 e. The zero-order valence-corrected chi connectivity index (χ0v) is 16.3. The Bertz CT molecular complexity index is 954. The number of phenolic OH excluding ortho intramolecular Hbond substituents is 1. The lowest BCUT2D eigenvalue weighted by molar-refractivity contribution is -0.134. The maximum atomic E-state index is 13.3. The van der Waals surface area contributed by atoms with Crippen LogP contribution in [0.15, 0.2) is 48.3 Å². The van der Waals surface area contributed by atoms with Crippen LogP contribution in [0.1, 0.15) is 49.7 Å². The summed E-state index contributed by atoms with van der Waals surface area (Å²) in [6.45, 7) is 0. The third-order valence-electron chi connectivity index (χ3n) is 7.35. The van der Waals surface area contributed by atoms with Gasteiger partial charge in [-0.2, -0.15) is 4.39 Å². The van der Waals surface area contributed by atoms with Crippen LogP contribution in [0.4, 0.5) is 4.39 Å². The highest BCUT2D eigenvalue weighted by Gasteiger charge is 2.52. The van der Waals surface area contributed by atoms with E-state index in [0.29, 0.717) is 11.3 Å². The Morgan fingerprint density at radius 1 is 0.931 bits per heavy atom. The number of carboxylic acids is 1. The molecule has 4 aliphatic rings. The number of carbonyl (C=O) groups is 1. The van der Waals surface area contributed by atoms with Gasteiger partial charge in [0.15, 0.2) is 0 Å². The first-order chi connectivity index (χ1) is 13.9. The molecule has 4 bridgehead atoms. The minimum absolute atomic E-state index is 0.113. The predicted molar refractivity (Wildman–Crippen MR) is 110 cm³/mol. The number of hydrogen-bond acceptors (Lipinski definition) is 2. The number of aliphatic carboxylic acids is 1. The highest BCUT2D eigenvalue weighted by molar-refractivity contribution is 5.89. The molecule has 2 aromatic carbocycles. The summed E-state index contributed by atoms with van der Waals surface area (Å²) in [4.78, 5) is 10.7. The van der Waals surface area contributed by atoms with E-state index in [1.54, 1.807) is 18.2 Å². The van der Waals surface area contributed by atoms with Crippen molar-refractivity contribution in [3.63, 3.8) is 0 Å². The third-order valence-corrected chi connectivity index (χ3v) is 7.35. The van der Waals surface area contributed by atoms with Crippen molar-refractivity contribution in [3.8, 4) is 16.9 Å². The van der Waals surface area contributed by atoms with E-state index in [4.69, 9.17) is 5.11 Å². The molecule has 4 aliphatic carbocycles. The first-order valence-electron chi connectivity index (χ1n) is 10.5. The molecule has 29 heavy (non-hydrogen) atoms. The summed E-state index contributed by atoms with van der Waals surface area (Å²) in [6, 6.07) is 13.0. The Kier molecular flexibility index (Phi) is 4.27. The highest BCUT2D eigenvalue weighted by Crippen LogP contribution is 2.62. The van der Waals surface area contributed by atoms with Gasteiger partial charge >= 0.3 is 5.97 Å². The van der Waals surface area contributed by atoms with Crippen molar-refractivity contribution in [1.29, 1.82) is 0 Å².